The molecule has 0 saturated heterocycles. The van der Waals surface area contributed by atoms with Crippen molar-refractivity contribution in [1.29, 1.82) is 0 Å². The van der Waals surface area contributed by atoms with E-state index in [9.17, 15) is 14.0 Å². The highest BCUT2D eigenvalue weighted by Gasteiger charge is 2.29. The van der Waals surface area contributed by atoms with Crippen molar-refractivity contribution in [2.45, 2.75) is 31.7 Å². The molecule has 154 valence electrons. The molecule has 0 aromatic carbocycles. The molecule has 1 fully saturated rings. The quantitative estimate of drug-likeness (QED) is 0.538. The van der Waals surface area contributed by atoms with E-state index in [-0.39, 0.29) is 23.6 Å². The van der Waals surface area contributed by atoms with E-state index in [1.807, 2.05) is 0 Å². The molecule has 2 N–H and O–H groups in total. The molecule has 1 aliphatic rings. The highest BCUT2D eigenvalue weighted by atomic mass is 19.1. The maximum absolute atomic E-state index is 13.7. The molecule has 1 aliphatic carbocycles. The summed E-state index contributed by atoms with van der Waals surface area (Å²) in [4.78, 5) is 40.6. The lowest BCUT2D eigenvalue weighted by atomic mass is 9.85. The summed E-state index contributed by atoms with van der Waals surface area (Å²) in [6, 6.07) is 2.87. The smallest absolute Gasteiger partial charge is 0.327 e. The van der Waals surface area contributed by atoms with Crippen LogP contribution in [0.5, 0.6) is 0 Å². The average Bonchev–Trinajstić information content (AvgIpc) is 3.32. The van der Waals surface area contributed by atoms with Crippen LogP contribution in [0, 0.1) is 11.7 Å². The molecule has 0 radical (unpaired) electrons. The lowest BCUT2D eigenvalue weighted by Crippen LogP contribution is -2.33. The van der Waals surface area contributed by atoms with Crippen molar-refractivity contribution in [3.63, 3.8) is 0 Å². The Morgan fingerprint density at radius 3 is 2.77 bits per heavy atom. The minimum Gasteiger partial charge on any atom is -0.359 e. The number of carbonyl (C=O) groups is 1. The molecular weight excluding hydrogens is 389 g/mol. The van der Waals surface area contributed by atoms with Gasteiger partial charge in [0.2, 0.25) is 5.91 Å². The van der Waals surface area contributed by atoms with Crippen molar-refractivity contribution in [1.82, 2.24) is 34.2 Å². The predicted octanol–water partition coefficient (Wildman–Crippen LogP) is 2.05. The van der Waals surface area contributed by atoms with Crippen LogP contribution in [0.15, 0.2) is 35.5 Å². The van der Waals surface area contributed by atoms with Gasteiger partial charge in [-0.15, -0.1) is 0 Å². The summed E-state index contributed by atoms with van der Waals surface area (Å²) in [6.45, 7) is 0. The molecule has 0 spiro atoms. The van der Waals surface area contributed by atoms with Crippen LogP contribution in [0.25, 0.3) is 28.3 Å². The van der Waals surface area contributed by atoms with Gasteiger partial charge < -0.3 is 10.3 Å². The van der Waals surface area contributed by atoms with Crippen LogP contribution in [0.4, 0.5) is 4.39 Å². The molecule has 10 heteroatoms. The zero-order chi connectivity index (χ0) is 20.8. The largest absolute Gasteiger partial charge is 0.359 e. The molecule has 30 heavy (non-hydrogen) atoms. The Morgan fingerprint density at radius 2 is 2.00 bits per heavy atom. The number of hydrogen-bond acceptors (Lipinski definition) is 5. The minimum absolute atomic E-state index is 0.0228. The molecule has 9 nitrogen and oxygen atoms in total. The van der Waals surface area contributed by atoms with Crippen molar-refractivity contribution in [3.05, 3.63) is 47.0 Å². The Balaban J connectivity index is 1.54. The number of nitrogens with zero attached hydrogens (tertiary/aromatic N) is 5. The lowest BCUT2D eigenvalue weighted by molar-refractivity contribution is -0.125. The van der Waals surface area contributed by atoms with Crippen LogP contribution in [0.1, 0.15) is 31.7 Å². The summed E-state index contributed by atoms with van der Waals surface area (Å²) in [7, 11) is 1.64. The number of H-pyrrole nitrogens is 1. The summed E-state index contributed by atoms with van der Waals surface area (Å²) in [5, 5.41) is 2.70. The number of rotatable bonds is 3. The van der Waals surface area contributed by atoms with Crippen LogP contribution in [-0.2, 0) is 4.79 Å². The second-order valence-corrected chi connectivity index (χ2v) is 7.57. The molecule has 0 aliphatic heterocycles. The fourth-order valence-electron chi connectivity index (χ4n) is 4.30. The number of fused-ring (bicyclic) bond motifs is 2. The van der Waals surface area contributed by atoms with Gasteiger partial charge in [-0.25, -0.2) is 24.1 Å². The van der Waals surface area contributed by atoms with Crippen LogP contribution in [-0.4, -0.2) is 41.9 Å². The standard InChI is InChI=1S/C20H20FN7O2/c1-22-19(29)11-2-5-13(6-3-11)28-18-14(25-20(28)30)8-24-17(26-18)15-9-23-16-7-4-12(21)10-27(15)16/h4,7-11,13H,2-3,5-6H2,1H3,(H,22,29)(H,25,30)/t11-,13-. The van der Waals surface area contributed by atoms with Gasteiger partial charge in [0.25, 0.3) is 0 Å². The van der Waals surface area contributed by atoms with Crippen LogP contribution in [0.2, 0.25) is 0 Å². The first-order valence-corrected chi connectivity index (χ1v) is 9.87. The second-order valence-electron chi connectivity index (χ2n) is 7.57. The Bertz CT molecular complexity index is 1310. The van der Waals surface area contributed by atoms with Crippen molar-refractivity contribution in [2.24, 2.45) is 5.92 Å². The first-order valence-electron chi connectivity index (χ1n) is 9.87. The van der Waals surface area contributed by atoms with Gasteiger partial charge in [0, 0.05) is 25.2 Å². The minimum atomic E-state index is -0.394. The van der Waals surface area contributed by atoms with E-state index in [1.54, 1.807) is 34.5 Å². The Morgan fingerprint density at radius 1 is 1.20 bits per heavy atom. The second kappa shape index (κ2) is 7.05. The molecule has 1 amide bonds. The number of aromatic amines is 1. The van der Waals surface area contributed by atoms with Crippen molar-refractivity contribution in [3.8, 4) is 11.5 Å². The van der Waals surface area contributed by atoms with Gasteiger partial charge in [0.1, 0.15) is 22.7 Å². The van der Waals surface area contributed by atoms with E-state index in [0.29, 0.717) is 54.0 Å². The maximum Gasteiger partial charge on any atom is 0.327 e. The summed E-state index contributed by atoms with van der Waals surface area (Å²) >= 11 is 0. The predicted molar refractivity (Wildman–Crippen MR) is 107 cm³/mol. The topological polar surface area (TPSA) is 110 Å². The van der Waals surface area contributed by atoms with Gasteiger partial charge in [-0.2, -0.15) is 0 Å². The molecule has 4 aromatic rings. The number of hydrogen-bond donors (Lipinski definition) is 2. The van der Waals surface area contributed by atoms with E-state index in [0.717, 1.165) is 0 Å². The van der Waals surface area contributed by atoms with Gasteiger partial charge >= 0.3 is 5.69 Å². The fraction of sp³-hybridized carbons (Fsp3) is 0.350. The van der Waals surface area contributed by atoms with Gasteiger partial charge in [0.05, 0.1) is 12.4 Å². The number of aromatic nitrogens is 6. The number of nitrogens with one attached hydrogen (secondary N) is 2. The Labute approximate surface area is 170 Å². The first kappa shape index (κ1) is 18.5. The summed E-state index contributed by atoms with van der Waals surface area (Å²) in [5.74, 6) is -0.0174. The van der Waals surface area contributed by atoms with Gasteiger partial charge in [0.15, 0.2) is 11.5 Å². The fourth-order valence-corrected chi connectivity index (χ4v) is 4.30. The van der Waals surface area contributed by atoms with E-state index in [1.165, 1.54) is 12.3 Å². The van der Waals surface area contributed by atoms with Gasteiger partial charge in [-0.1, -0.05) is 0 Å². The summed E-state index contributed by atoms with van der Waals surface area (Å²) < 4.78 is 17.0. The van der Waals surface area contributed by atoms with E-state index < -0.39 is 5.82 Å². The van der Waals surface area contributed by atoms with Crippen molar-refractivity contribution < 1.29 is 9.18 Å². The zero-order valence-corrected chi connectivity index (χ0v) is 16.3. The lowest BCUT2D eigenvalue weighted by Gasteiger charge is -2.27. The molecule has 1 saturated carbocycles. The van der Waals surface area contributed by atoms with Crippen molar-refractivity contribution >= 4 is 22.7 Å². The highest BCUT2D eigenvalue weighted by molar-refractivity contribution is 5.78. The molecule has 4 heterocycles. The third-order valence-corrected chi connectivity index (χ3v) is 5.83. The zero-order valence-electron chi connectivity index (χ0n) is 16.3. The summed E-state index contributed by atoms with van der Waals surface area (Å²) in [6.07, 6.45) is 7.33. The third-order valence-electron chi connectivity index (χ3n) is 5.83. The highest BCUT2D eigenvalue weighted by Crippen LogP contribution is 2.33. The molecule has 0 atom stereocenters. The first-order chi connectivity index (χ1) is 14.5. The Kier molecular flexibility index (Phi) is 4.34. The molecule has 4 aromatic heterocycles. The normalized spacial score (nSPS) is 19.4. The van der Waals surface area contributed by atoms with Crippen LogP contribution in [0.3, 0.4) is 0 Å². The van der Waals surface area contributed by atoms with Gasteiger partial charge in [-0.3, -0.25) is 13.8 Å². The molecular formula is C20H20FN7O2. The SMILES string of the molecule is CNC(=O)[C@H]1CC[C@H](n2c(=O)[nH]c3cnc(-c4cnc5ccc(F)cn45)nc32)CC1. The molecule has 5 rings (SSSR count). The van der Waals surface area contributed by atoms with E-state index >= 15 is 0 Å². The number of amides is 1. The third kappa shape index (κ3) is 2.95. The van der Waals surface area contributed by atoms with E-state index in [4.69, 9.17) is 0 Å². The molecule has 0 unspecified atom stereocenters. The van der Waals surface area contributed by atoms with Gasteiger partial charge in [-0.05, 0) is 37.8 Å². The average molecular weight is 409 g/mol. The number of pyridine rings is 1. The summed E-state index contributed by atoms with van der Waals surface area (Å²) in [5.41, 5.74) is 1.91. The van der Waals surface area contributed by atoms with Crippen molar-refractivity contribution in [2.75, 3.05) is 7.05 Å². The number of imidazole rings is 2. The van der Waals surface area contributed by atoms with Crippen LogP contribution < -0.4 is 11.0 Å². The number of halogens is 1. The van der Waals surface area contributed by atoms with E-state index in [2.05, 4.69) is 25.3 Å². The maximum atomic E-state index is 13.7. The van der Waals surface area contributed by atoms with Crippen LogP contribution >= 0.6 is 0 Å². The number of carbonyl (C=O) groups excluding carboxylic acids is 1. The molecule has 0 bridgehead atoms. The monoisotopic (exact) mass is 409 g/mol. The Hall–Kier alpha value is -3.56.